The predicted molar refractivity (Wildman–Crippen MR) is 95.5 cm³/mol. The Bertz CT molecular complexity index is 657. The number of anilines is 1. The van der Waals surface area contributed by atoms with E-state index < -0.39 is 23.9 Å². The quantitative estimate of drug-likeness (QED) is 0.685. The van der Waals surface area contributed by atoms with Crippen LogP contribution in [0.15, 0.2) is 0 Å². The first kappa shape index (κ1) is 18.6. The Morgan fingerprint density at radius 2 is 2.00 bits per heavy atom. The van der Waals surface area contributed by atoms with E-state index in [1.165, 1.54) is 18.4 Å². The molecule has 1 aliphatic heterocycles. The van der Waals surface area contributed by atoms with Gasteiger partial charge in [-0.2, -0.15) is 11.8 Å². The van der Waals surface area contributed by atoms with Crippen LogP contribution in [0.2, 0.25) is 0 Å². The van der Waals surface area contributed by atoms with Gasteiger partial charge in [0.2, 0.25) is 0 Å². The largest absolute Gasteiger partial charge is 0.467 e. The molecule has 1 aliphatic rings. The lowest BCUT2D eigenvalue weighted by Crippen LogP contribution is -2.46. The molecule has 7 nitrogen and oxygen atoms in total. The molecular formula is C15H21N3O4S2. The lowest BCUT2D eigenvalue weighted by Gasteiger charge is -2.20. The van der Waals surface area contributed by atoms with Crippen molar-refractivity contribution < 1.29 is 19.1 Å². The van der Waals surface area contributed by atoms with Crippen molar-refractivity contribution in [2.75, 3.05) is 18.2 Å². The monoisotopic (exact) mass is 371 g/mol. The minimum Gasteiger partial charge on any atom is -0.467 e. The molecule has 4 N–H and O–H groups in total. The number of rotatable bonds is 5. The van der Waals surface area contributed by atoms with Gasteiger partial charge in [-0.1, -0.05) is 13.8 Å². The van der Waals surface area contributed by atoms with E-state index in [0.717, 1.165) is 28.4 Å². The van der Waals surface area contributed by atoms with Gasteiger partial charge in [0.05, 0.1) is 12.7 Å². The lowest BCUT2D eigenvalue weighted by molar-refractivity contribution is -0.143. The normalized spacial score (nSPS) is 14.7. The van der Waals surface area contributed by atoms with Crippen LogP contribution in [-0.2, 0) is 21.7 Å². The summed E-state index contributed by atoms with van der Waals surface area (Å²) in [5.41, 5.74) is 6.80. The molecule has 1 aromatic heterocycles. The van der Waals surface area contributed by atoms with E-state index >= 15 is 0 Å². The summed E-state index contributed by atoms with van der Waals surface area (Å²) >= 11 is 3.14. The van der Waals surface area contributed by atoms with Gasteiger partial charge in [0.1, 0.15) is 11.0 Å². The van der Waals surface area contributed by atoms with E-state index in [2.05, 4.69) is 10.6 Å². The molecule has 0 radical (unpaired) electrons. The van der Waals surface area contributed by atoms with Crippen LogP contribution in [0, 0.1) is 5.92 Å². The van der Waals surface area contributed by atoms with Crippen LogP contribution < -0.4 is 16.4 Å². The molecule has 0 saturated carbocycles. The van der Waals surface area contributed by atoms with Gasteiger partial charge in [0, 0.05) is 10.6 Å². The summed E-state index contributed by atoms with van der Waals surface area (Å²) in [7, 11) is 1.27. The number of primary amides is 1. The number of ether oxygens (including phenoxy) is 1. The molecule has 1 aromatic rings. The zero-order valence-corrected chi connectivity index (χ0v) is 15.4. The number of esters is 1. The second-order valence-corrected chi connectivity index (χ2v) is 7.93. The molecule has 24 heavy (non-hydrogen) atoms. The highest BCUT2D eigenvalue weighted by molar-refractivity contribution is 7.98. The molecule has 0 fully saturated rings. The minimum atomic E-state index is -0.767. The van der Waals surface area contributed by atoms with E-state index in [1.807, 2.05) is 0 Å². The molecule has 132 valence electrons. The zero-order valence-electron chi connectivity index (χ0n) is 13.8. The van der Waals surface area contributed by atoms with Crippen LogP contribution in [0.5, 0.6) is 0 Å². The highest BCUT2D eigenvalue weighted by atomic mass is 32.2. The van der Waals surface area contributed by atoms with Gasteiger partial charge < -0.3 is 15.8 Å². The number of nitrogens with two attached hydrogens (primary N) is 1. The summed E-state index contributed by atoms with van der Waals surface area (Å²) < 4.78 is 4.70. The van der Waals surface area contributed by atoms with E-state index in [1.54, 1.807) is 25.6 Å². The summed E-state index contributed by atoms with van der Waals surface area (Å²) in [5, 5.41) is 5.68. The molecule has 0 spiro atoms. The zero-order chi connectivity index (χ0) is 17.9. The van der Waals surface area contributed by atoms with Gasteiger partial charge >= 0.3 is 12.0 Å². The molecule has 1 atom stereocenters. The van der Waals surface area contributed by atoms with Gasteiger partial charge in [0.25, 0.3) is 5.91 Å². The Balaban J connectivity index is 2.18. The van der Waals surface area contributed by atoms with Crippen molar-refractivity contribution in [3.05, 3.63) is 16.0 Å². The second-order valence-electron chi connectivity index (χ2n) is 5.72. The summed E-state index contributed by atoms with van der Waals surface area (Å²) in [4.78, 5) is 36.8. The van der Waals surface area contributed by atoms with Crippen molar-refractivity contribution in [1.82, 2.24) is 5.32 Å². The number of thioether (sulfide) groups is 1. The van der Waals surface area contributed by atoms with Gasteiger partial charge in [0.15, 0.2) is 0 Å². The number of nitrogens with one attached hydrogen (secondary N) is 2. The first-order chi connectivity index (χ1) is 11.3. The highest BCUT2D eigenvalue weighted by Gasteiger charge is 2.28. The average molecular weight is 371 g/mol. The van der Waals surface area contributed by atoms with Crippen LogP contribution in [0.4, 0.5) is 9.80 Å². The first-order valence-corrected chi connectivity index (χ1v) is 9.49. The van der Waals surface area contributed by atoms with Crippen molar-refractivity contribution in [1.29, 1.82) is 0 Å². The van der Waals surface area contributed by atoms with E-state index in [4.69, 9.17) is 10.5 Å². The minimum absolute atomic E-state index is 0.133. The molecule has 2 heterocycles. The Kier molecular flexibility index (Phi) is 6.11. The molecule has 0 aromatic carbocycles. The van der Waals surface area contributed by atoms with E-state index in [0.29, 0.717) is 10.6 Å². The molecule has 2 rings (SSSR count). The third-order valence-electron chi connectivity index (χ3n) is 3.70. The van der Waals surface area contributed by atoms with E-state index in [9.17, 15) is 14.4 Å². The third kappa shape index (κ3) is 4.02. The fourth-order valence-electron chi connectivity index (χ4n) is 2.49. The number of methoxy groups -OCH3 is 1. The number of carbonyl (C=O) groups excluding carboxylic acids is 3. The van der Waals surface area contributed by atoms with Crippen LogP contribution in [0.25, 0.3) is 0 Å². The van der Waals surface area contributed by atoms with Gasteiger partial charge in [-0.25, -0.2) is 9.59 Å². The number of amides is 3. The maximum Gasteiger partial charge on any atom is 0.328 e. The molecule has 9 heteroatoms. The van der Waals surface area contributed by atoms with Crippen molar-refractivity contribution in [3.8, 4) is 0 Å². The maximum atomic E-state index is 12.3. The number of carbonyl (C=O) groups is 3. The van der Waals surface area contributed by atoms with Gasteiger partial charge in [-0.3, -0.25) is 10.1 Å². The molecular weight excluding hydrogens is 350 g/mol. The Morgan fingerprint density at radius 1 is 1.29 bits per heavy atom. The SMILES string of the molecule is COC(=O)C(NC(=O)Nc1sc2c(c1C(N)=O)CCSC2)C(C)C. The summed E-state index contributed by atoms with van der Waals surface area (Å²) in [5.74, 6) is 0.528. The van der Waals surface area contributed by atoms with Crippen LogP contribution in [-0.4, -0.2) is 36.8 Å². The number of urea groups is 1. The summed E-state index contributed by atoms with van der Waals surface area (Å²) in [6.45, 7) is 3.61. The fourth-order valence-corrected chi connectivity index (χ4v) is 4.87. The summed E-state index contributed by atoms with van der Waals surface area (Å²) in [6.07, 6.45) is 0.759. The number of fused-ring (bicyclic) bond motifs is 1. The standard InChI is InChI=1S/C15H21N3O4S2/c1-7(2)11(14(20)22-3)17-15(21)18-13-10(12(16)19)8-4-5-23-6-9(8)24-13/h7,11H,4-6H2,1-3H3,(H2,16,19)(H2,17,18,21). The van der Waals surface area contributed by atoms with Crippen LogP contribution in [0.3, 0.4) is 0 Å². The Hall–Kier alpha value is -1.74. The van der Waals surface area contributed by atoms with Crippen molar-refractivity contribution >= 4 is 46.0 Å². The Labute approximate surface area is 148 Å². The Morgan fingerprint density at radius 3 is 2.58 bits per heavy atom. The topological polar surface area (TPSA) is 111 Å². The number of thiophene rings is 1. The molecule has 0 bridgehead atoms. The van der Waals surface area contributed by atoms with Crippen molar-refractivity contribution in [3.63, 3.8) is 0 Å². The number of hydrogen-bond donors (Lipinski definition) is 3. The molecule has 0 saturated heterocycles. The fraction of sp³-hybridized carbons (Fsp3) is 0.533. The van der Waals surface area contributed by atoms with Crippen molar-refractivity contribution in [2.45, 2.75) is 32.1 Å². The van der Waals surface area contributed by atoms with Crippen LogP contribution in [0.1, 0.15) is 34.6 Å². The lowest BCUT2D eigenvalue weighted by atomic mass is 10.1. The van der Waals surface area contributed by atoms with Crippen molar-refractivity contribution in [2.24, 2.45) is 11.7 Å². The maximum absolute atomic E-state index is 12.3. The van der Waals surface area contributed by atoms with E-state index in [-0.39, 0.29) is 5.92 Å². The van der Waals surface area contributed by atoms with Gasteiger partial charge in [-0.05, 0) is 23.7 Å². The van der Waals surface area contributed by atoms with Gasteiger partial charge in [-0.15, -0.1) is 11.3 Å². The third-order valence-corrected chi connectivity index (χ3v) is 6.02. The molecule has 3 amide bonds. The predicted octanol–water partition coefficient (Wildman–Crippen LogP) is 1.96. The average Bonchev–Trinajstić information content (AvgIpc) is 2.89. The second kappa shape index (κ2) is 7.89. The molecule has 1 unspecified atom stereocenters. The highest BCUT2D eigenvalue weighted by Crippen LogP contribution is 2.39. The summed E-state index contributed by atoms with van der Waals surface area (Å²) in [6, 6.07) is -1.33. The smallest absolute Gasteiger partial charge is 0.328 e. The van der Waals surface area contributed by atoms with Crippen LogP contribution >= 0.6 is 23.1 Å². The number of hydrogen-bond acceptors (Lipinski definition) is 6. The molecule has 0 aliphatic carbocycles. The first-order valence-electron chi connectivity index (χ1n) is 7.52.